The van der Waals surface area contributed by atoms with Crippen molar-refractivity contribution in [2.45, 2.75) is 64.1 Å². The number of piperidine rings is 1. The van der Waals surface area contributed by atoms with Crippen molar-refractivity contribution >= 4 is 40.1 Å². The molecule has 7 rings (SSSR count). The number of methoxy groups -OCH3 is 1. The molecule has 3 aliphatic rings. The second-order valence-electron chi connectivity index (χ2n) is 13.9. The topological polar surface area (TPSA) is 142 Å². The quantitative estimate of drug-likeness (QED) is 0.239. The molecule has 1 aliphatic carbocycles. The zero-order chi connectivity index (χ0) is 35.3. The average Bonchev–Trinajstić information content (AvgIpc) is 3.48. The van der Waals surface area contributed by atoms with Gasteiger partial charge in [-0.15, -0.1) is 0 Å². The molecule has 2 N–H and O–H groups in total. The molecule has 3 aromatic heterocycles. The first kappa shape index (κ1) is 34.2. The van der Waals surface area contributed by atoms with E-state index >= 15 is 0 Å². The second-order valence-corrected chi connectivity index (χ2v) is 14.3. The molecule has 1 saturated heterocycles. The van der Waals surface area contributed by atoms with Crippen LogP contribution in [0.4, 0.5) is 14.5 Å². The Morgan fingerprint density at radius 2 is 1.96 bits per heavy atom. The lowest BCUT2D eigenvalue weighted by Crippen LogP contribution is -2.55. The summed E-state index contributed by atoms with van der Waals surface area (Å²) in [5.74, 6) is -2.46. The molecule has 0 unspecified atom stereocenters. The molecule has 2 fully saturated rings. The Labute approximate surface area is 292 Å². The molecule has 12 nitrogen and oxygen atoms in total. The third-order valence-corrected chi connectivity index (χ3v) is 10.0. The number of carbonyl (C=O) groups is 2. The number of hydrogen-bond donors (Lipinski definition) is 1. The highest BCUT2D eigenvalue weighted by Crippen LogP contribution is 2.44. The van der Waals surface area contributed by atoms with Crippen LogP contribution >= 0.6 is 11.6 Å². The highest BCUT2D eigenvalue weighted by atomic mass is 35.5. The third kappa shape index (κ3) is 6.51. The smallest absolute Gasteiger partial charge is 0.265 e. The zero-order valence-electron chi connectivity index (χ0n) is 28.1. The fraction of sp³-hybridized carbons (Fsp3) is 0.486. The molecular formula is C35H39ClF2N8O4. The Kier molecular flexibility index (Phi) is 9.20. The Hall–Kier alpha value is -4.27. The molecule has 1 aromatic carbocycles. The number of amides is 2. The van der Waals surface area contributed by atoms with E-state index in [-0.39, 0.29) is 55.8 Å². The molecule has 264 valence electrons. The van der Waals surface area contributed by atoms with Crippen LogP contribution < -0.4 is 15.4 Å². The monoisotopic (exact) mass is 708 g/mol. The van der Waals surface area contributed by atoms with Gasteiger partial charge in [0, 0.05) is 68.3 Å². The number of hydrogen-bond acceptors (Lipinski definition) is 9. The van der Waals surface area contributed by atoms with Crippen molar-refractivity contribution in [3.05, 3.63) is 58.9 Å². The Morgan fingerprint density at radius 3 is 2.64 bits per heavy atom. The molecule has 0 bridgehead atoms. The van der Waals surface area contributed by atoms with Gasteiger partial charge in [-0.25, -0.2) is 28.4 Å². The lowest BCUT2D eigenvalue weighted by molar-refractivity contribution is -0.134. The highest BCUT2D eigenvalue weighted by Gasteiger charge is 2.49. The SMILES string of the molecule is COC[C@@H]1CN(C2CC(F)(F)C2)CC[C@@H]1n1ncc2c(-c3ccc4c(c3)OCC(=O)N4Cc3ncc(Cl)cn3)c(C(N)=O)c(CC(C)C)nc21. The predicted molar refractivity (Wildman–Crippen MR) is 182 cm³/mol. The van der Waals surface area contributed by atoms with Crippen molar-refractivity contribution < 1.29 is 27.8 Å². The van der Waals surface area contributed by atoms with Crippen LogP contribution in [-0.4, -0.2) is 86.8 Å². The molecule has 1 saturated carbocycles. The van der Waals surface area contributed by atoms with Gasteiger partial charge in [-0.3, -0.25) is 19.4 Å². The second kappa shape index (κ2) is 13.5. The number of nitrogens with two attached hydrogens (primary N) is 1. The van der Waals surface area contributed by atoms with Gasteiger partial charge in [0.05, 0.1) is 47.4 Å². The van der Waals surface area contributed by atoms with Crippen LogP contribution in [0.3, 0.4) is 0 Å². The lowest BCUT2D eigenvalue weighted by atomic mass is 9.83. The summed E-state index contributed by atoms with van der Waals surface area (Å²) < 4.78 is 40.9. The van der Waals surface area contributed by atoms with Crippen molar-refractivity contribution in [2.75, 3.05) is 38.3 Å². The summed E-state index contributed by atoms with van der Waals surface area (Å²) in [5.41, 5.74) is 9.33. The fourth-order valence-electron chi connectivity index (χ4n) is 7.51. The molecule has 2 amide bonds. The van der Waals surface area contributed by atoms with Gasteiger partial charge < -0.3 is 15.2 Å². The predicted octanol–water partition coefficient (Wildman–Crippen LogP) is 5.07. The molecular weight excluding hydrogens is 670 g/mol. The summed E-state index contributed by atoms with van der Waals surface area (Å²) in [6.45, 7) is 5.70. The van der Waals surface area contributed by atoms with Crippen LogP contribution in [0.25, 0.3) is 22.2 Å². The van der Waals surface area contributed by atoms with E-state index in [0.29, 0.717) is 88.2 Å². The first-order chi connectivity index (χ1) is 23.9. The lowest BCUT2D eigenvalue weighted by Gasteiger charge is -2.47. The molecule has 2 aliphatic heterocycles. The van der Waals surface area contributed by atoms with Crippen molar-refractivity contribution in [3.8, 4) is 16.9 Å². The maximum atomic E-state index is 13.7. The minimum atomic E-state index is -2.59. The molecule has 2 atom stereocenters. The Bertz CT molecular complexity index is 1930. The Morgan fingerprint density at radius 1 is 1.20 bits per heavy atom. The van der Waals surface area contributed by atoms with Crippen molar-refractivity contribution in [3.63, 3.8) is 0 Å². The summed E-state index contributed by atoms with van der Waals surface area (Å²) in [6, 6.07) is 5.15. The molecule has 15 heteroatoms. The number of anilines is 1. The van der Waals surface area contributed by atoms with Crippen LogP contribution in [0.2, 0.25) is 5.02 Å². The number of benzene rings is 1. The summed E-state index contributed by atoms with van der Waals surface area (Å²) in [6.07, 6.45) is 5.59. The van der Waals surface area contributed by atoms with Crippen LogP contribution in [-0.2, 0) is 22.5 Å². The van der Waals surface area contributed by atoms with Gasteiger partial charge in [-0.05, 0) is 36.5 Å². The molecule has 5 heterocycles. The third-order valence-electron chi connectivity index (χ3n) is 9.84. The molecule has 0 radical (unpaired) electrons. The normalized spacial score (nSPS) is 20.9. The number of halogens is 3. The van der Waals surface area contributed by atoms with Crippen molar-refractivity contribution in [1.29, 1.82) is 0 Å². The highest BCUT2D eigenvalue weighted by molar-refractivity contribution is 6.30. The van der Waals surface area contributed by atoms with E-state index in [2.05, 4.69) is 14.9 Å². The summed E-state index contributed by atoms with van der Waals surface area (Å²) in [4.78, 5) is 43.5. The van der Waals surface area contributed by atoms with Crippen LogP contribution in [0.1, 0.15) is 61.0 Å². The van der Waals surface area contributed by atoms with E-state index in [1.54, 1.807) is 30.3 Å². The number of carbonyl (C=O) groups excluding carboxylic acids is 2. The van der Waals surface area contributed by atoms with E-state index in [4.69, 9.17) is 36.9 Å². The van der Waals surface area contributed by atoms with Crippen molar-refractivity contribution in [2.24, 2.45) is 17.6 Å². The molecule has 4 aromatic rings. The minimum absolute atomic E-state index is 0.0222. The van der Waals surface area contributed by atoms with Gasteiger partial charge in [-0.1, -0.05) is 31.5 Å². The number of ether oxygens (including phenoxy) is 2. The van der Waals surface area contributed by atoms with Gasteiger partial charge in [0.25, 0.3) is 17.7 Å². The van der Waals surface area contributed by atoms with Crippen LogP contribution in [0, 0.1) is 11.8 Å². The maximum absolute atomic E-state index is 13.7. The summed E-state index contributed by atoms with van der Waals surface area (Å²) in [5, 5.41) is 5.88. The number of nitrogens with zero attached hydrogens (tertiary/aromatic N) is 7. The van der Waals surface area contributed by atoms with E-state index in [1.807, 2.05) is 24.6 Å². The van der Waals surface area contributed by atoms with Crippen LogP contribution in [0.5, 0.6) is 5.75 Å². The number of primary amides is 1. The number of aromatic nitrogens is 5. The number of fused-ring (bicyclic) bond motifs is 2. The largest absolute Gasteiger partial charge is 0.482 e. The average molecular weight is 709 g/mol. The maximum Gasteiger partial charge on any atom is 0.265 e. The van der Waals surface area contributed by atoms with E-state index < -0.39 is 11.8 Å². The molecule has 50 heavy (non-hydrogen) atoms. The minimum Gasteiger partial charge on any atom is -0.482 e. The van der Waals surface area contributed by atoms with E-state index in [9.17, 15) is 18.4 Å². The number of likely N-dealkylation sites (tertiary alicyclic amines) is 1. The zero-order valence-corrected chi connectivity index (χ0v) is 28.9. The van der Waals surface area contributed by atoms with Gasteiger partial charge in [0.15, 0.2) is 12.3 Å². The van der Waals surface area contributed by atoms with Gasteiger partial charge in [0.2, 0.25) is 0 Å². The number of alkyl halides is 2. The molecule has 0 spiro atoms. The standard InChI is InChI=1S/C35H39ClF2N8O4/c1-19(2)8-25-32(33(39)48)31(20-4-5-27-28(9-20)50-18-30(47)45(27)16-29-40-12-22(36)13-41-29)24-14-42-46(34(24)43-25)26-6-7-44(15-21(26)17-49-3)23-10-35(37,38)11-23/h4-5,9,12-14,19,21,23,26H,6-8,10-11,15-18H2,1-3H3,(H2,39,48)/t21-,26-/m0/s1. The van der Waals surface area contributed by atoms with E-state index in [1.165, 1.54) is 12.4 Å². The summed E-state index contributed by atoms with van der Waals surface area (Å²) in [7, 11) is 1.64. The first-order valence-corrected chi connectivity index (χ1v) is 17.1. The van der Waals surface area contributed by atoms with Gasteiger partial charge in [0.1, 0.15) is 11.6 Å². The van der Waals surface area contributed by atoms with Gasteiger partial charge in [-0.2, -0.15) is 5.10 Å². The number of pyridine rings is 1. The van der Waals surface area contributed by atoms with Crippen LogP contribution in [0.15, 0.2) is 36.8 Å². The first-order valence-electron chi connectivity index (χ1n) is 16.8. The number of rotatable bonds is 10. The van der Waals surface area contributed by atoms with Gasteiger partial charge >= 0.3 is 0 Å². The van der Waals surface area contributed by atoms with Crippen molar-refractivity contribution in [1.82, 2.24) is 29.6 Å². The Balaban J connectivity index is 1.30. The fourth-order valence-corrected chi connectivity index (χ4v) is 7.61. The van der Waals surface area contributed by atoms with E-state index in [0.717, 1.165) is 0 Å². The summed E-state index contributed by atoms with van der Waals surface area (Å²) >= 11 is 5.96.